The van der Waals surface area contributed by atoms with Crippen molar-refractivity contribution in [2.75, 3.05) is 6.54 Å². The Morgan fingerprint density at radius 1 is 1.03 bits per heavy atom. The van der Waals surface area contributed by atoms with Gasteiger partial charge in [0.2, 0.25) is 0 Å². The van der Waals surface area contributed by atoms with Crippen LogP contribution in [0.15, 0.2) is 36.4 Å². The Labute approximate surface area is 192 Å². The van der Waals surface area contributed by atoms with E-state index in [-0.39, 0.29) is 18.4 Å². The van der Waals surface area contributed by atoms with Crippen LogP contribution in [-0.4, -0.2) is 48.9 Å². The van der Waals surface area contributed by atoms with Crippen LogP contribution in [0.4, 0.5) is 0 Å². The van der Waals surface area contributed by atoms with Gasteiger partial charge in [0.15, 0.2) is 5.69 Å². The van der Waals surface area contributed by atoms with Crippen LogP contribution in [0.2, 0.25) is 10.0 Å². The quantitative estimate of drug-likeness (QED) is 0.424. The maximum atomic E-state index is 13.0. The molecule has 1 aliphatic rings. The average Bonchev–Trinajstić information content (AvgIpc) is 3.42. The van der Waals surface area contributed by atoms with Gasteiger partial charge < -0.3 is 10.2 Å². The average molecular weight is 470 g/mol. The second kappa shape index (κ2) is 8.25. The Hall–Kier alpha value is -3.43. The highest BCUT2D eigenvalue weighted by atomic mass is 35.5. The van der Waals surface area contributed by atoms with Crippen LogP contribution in [0.25, 0.3) is 11.0 Å². The zero-order valence-corrected chi connectivity index (χ0v) is 18.2. The molecule has 2 aromatic heterocycles. The number of nitrogens with one attached hydrogen (secondary N) is 3. The summed E-state index contributed by atoms with van der Waals surface area (Å²) in [7, 11) is 0. The molecular weight excluding hydrogens is 453 g/mol. The predicted octanol–water partition coefficient (Wildman–Crippen LogP) is 3.12. The number of hydrogen-bond donors (Lipinski definition) is 3. The van der Waals surface area contributed by atoms with E-state index in [2.05, 4.69) is 30.9 Å². The van der Waals surface area contributed by atoms with Crippen molar-refractivity contribution in [3.05, 3.63) is 74.5 Å². The first-order chi connectivity index (χ1) is 15.5. The highest BCUT2D eigenvalue weighted by Gasteiger charge is 2.28. The van der Waals surface area contributed by atoms with Crippen LogP contribution in [0.3, 0.4) is 0 Å². The molecule has 4 aromatic rings. The third kappa shape index (κ3) is 3.92. The number of amides is 2. The van der Waals surface area contributed by atoms with E-state index in [1.165, 1.54) is 0 Å². The van der Waals surface area contributed by atoms with Crippen molar-refractivity contribution in [2.24, 2.45) is 0 Å². The van der Waals surface area contributed by atoms with E-state index in [1.807, 2.05) is 0 Å². The molecule has 11 heteroatoms. The molecule has 2 amide bonds. The lowest BCUT2D eigenvalue weighted by molar-refractivity contribution is 0.0732. The molecule has 9 nitrogen and oxygen atoms in total. The summed E-state index contributed by atoms with van der Waals surface area (Å²) in [6.07, 6.45) is 0.523. The minimum absolute atomic E-state index is 0.112. The lowest BCUT2D eigenvalue weighted by atomic mass is 10.0. The first kappa shape index (κ1) is 20.5. The second-order valence-corrected chi connectivity index (χ2v) is 8.37. The number of rotatable bonds is 4. The van der Waals surface area contributed by atoms with Crippen LogP contribution < -0.4 is 5.32 Å². The van der Waals surface area contributed by atoms with Crippen LogP contribution in [0.1, 0.15) is 37.7 Å². The summed E-state index contributed by atoms with van der Waals surface area (Å²) < 4.78 is 0. The highest BCUT2D eigenvalue weighted by molar-refractivity contribution is 6.34. The SMILES string of the molecule is O=C(NCc1cc(Cl)cc(Cl)c1)c1n[nH]c2c1CCN(C(=O)c1ccc3n[nH]nc3c1)C2. The molecule has 0 radical (unpaired) electrons. The summed E-state index contributed by atoms with van der Waals surface area (Å²) >= 11 is 12.0. The summed E-state index contributed by atoms with van der Waals surface area (Å²) in [5.74, 6) is -0.408. The van der Waals surface area contributed by atoms with Crippen LogP contribution in [-0.2, 0) is 19.5 Å². The molecule has 0 saturated heterocycles. The van der Waals surface area contributed by atoms with Gasteiger partial charge in [-0.2, -0.15) is 20.5 Å². The number of carbonyl (C=O) groups is 2. The van der Waals surface area contributed by atoms with Gasteiger partial charge in [0.25, 0.3) is 11.8 Å². The van der Waals surface area contributed by atoms with Gasteiger partial charge in [0, 0.05) is 34.3 Å². The molecule has 32 heavy (non-hydrogen) atoms. The molecule has 3 N–H and O–H groups in total. The predicted molar refractivity (Wildman–Crippen MR) is 119 cm³/mol. The molecule has 162 valence electrons. The zero-order valence-electron chi connectivity index (χ0n) is 16.7. The van der Waals surface area contributed by atoms with Crippen LogP contribution in [0, 0.1) is 0 Å². The van der Waals surface area contributed by atoms with Crippen molar-refractivity contribution in [3.63, 3.8) is 0 Å². The normalized spacial score (nSPS) is 13.2. The molecule has 0 saturated carbocycles. The number of carbonyl (C=O) groups excluding carboxylic acids is 2. The monoisotopic (exact) mass is 469 g/mol. The van der Waals surface area contributed by atoms with Gasteiger partial charge in [0.05, 0.1) is 12.2 Å². The van der Waals surface area contributed by atoms with E-state index in [1.54, 1.807) is 41.3 Å². The lowest BCUT2D eigenvalue weighted by Crippen LogP contribution is -2.36. The van der Waals surface area contributed by atoms with Gasteiger partial charge in [0.1, 0.15) is 11.0 Å². The fourth-order valence-corrected chi connectivity index (χ4v) is 4.39. The number of H-pyrrole nitrogens is 2. The largest absolute Gasteiger partial charge is 0.347 e. The van der Waals surface area contributed by atoms with Gasteiger partial charge >= 0.3 is 0 Å². The summed E-state index contributed by atoms with van der Waals surface area (Å²) in [4.78, 5) is 27.4. The molecule has 0 unspecified atom stereocenters. The van der Waals surface area contributed by atoms with E-state index >= 15 is 0 Å². The van der Waals surface area contributed by atoms with Crippen molar-refractivity contribution in [1.82, 2.24) is 35.8 Å². The Kier molecular flexibility index (Phi) is 5.28. The number of fused-ring (bicyclic) bond motifs is 2. The smallest absolute Gasteiger partial charge is 0.272 e. The maximum Gasteiger partial charge on any atom is 0.272 e. The van der Waals surface area contributed by atoms with Gasteiger partial charge in [-0.25, -0.2) is 0 Å². The van der Waals surface area contributed by atoms with Crippen molar-refractivity contribution in [1.29, 1.82) is 0 Å². The van der Waals surface area contributed by atoms with Crippen molar-refractivity contribution >= 4 is 46.0 Å². The minimum atomic E-state index is -0.296. The summed E-state index contributed by atoms with van der Waals surface area (Å²) in [5, 5.41) is 21.5. The topological polar surface area (TPSA) is 120 Å². The van der Waals surface area contributed by atoms with Crippen molar-refractivity contribution in [2.45, 2.75) is 19.5 Å². The number of halogens is 2. The van der Waals surface area contributed by atoms with Crippen LogP contribution >= 0.6 is 23.2 Å². The number of aromatic amines is 2. The Bertz CT molecular complexity index is 1330. The fraction of sp³-hybridized carbons (Fsp3) is 0.190. The molecule has 3 heterocycles. The number of hydrogen-bond acceptors (Lipinski definition) is 5. The van der Waals surface area contributed by atoms with Gasteiger partial charge in [-0.15, -0.1) is 0 Å². The molecule has 5 rings (SSSR count). The van der Waals surface area contributed by atoms with Gasteiger partial charge in [-0.3, -0.25) is 14.7 Å². The Balaban J connectivity index is 1.28. The summed E-state index contributed by atoms with van der Waals surface area (Å²) in [6, 6.07) is 10.3. The molecule has 0 bridgehead atoms. The maximum absolute atomic E-state index is 13.0. The van der Waals surface area contributed by atoms with E-state index in [4.69, 9.17) is 23.2 Å². The fourth-order valence-electron chi connectivity index (χ4n) is 3.81. The molecule has 0 aliphatic carbocycles. The van der Waals surface area contributed by atoms with Crippen molar-refractivity contribution in [3.8, 4) is 0 Å². The molecule has 1 aliphatic heterocycles. The summed E-state index contributed by atoms with van der Waals surface area (Å²) in [5.41, 5.74) is 4.57. The van der Waals surface area contributed by atoms with Crippen LogP contribution in [0.5, 0.6) is 0 Å². The molecule has 0 spiro atoms. The lowest BCUT2D eigenvalue weighted by Gasteiger charge is -2.27. The third-order valence-corrected chi connectivity index (χ3v) is 5.81. The van der Waals surface area contributed by atoms with E-state index in [0.29, 0.717) is 51.8 Å². The van der Waals surface area contributed by atoms with Crippen molar-refractivity contribution < 1.29 is 9.59 Å². The first-order valence-corrected chi connectivity index (χ1v) is 10.6. The van der Waals surface area contributed by atoms with E-state index in [9.17, 15) is 9.59 Å². The minimum Gasteiger partial charge on any atom is -0.347 e. The first-order valence-electron chi connectivity index (χ1n) is 9.87. The van der Waals surface area contributed by atoms with E-state index < -0.39 is 0 Å². The summed E-state index contributed by atoms with van der Waals surface area (Å²) in [6.45, 7) is 1.09. The van der Waals surface area contributed by atoms with Gasteiger partial charge in [-0.05, 0) is 48.4 Å². The number of benzene rings is 2. The third-order valence-electron chi connectivity index (χ3n) is 5.37. The molecule has 0 atom stereocenters. The Morgan fingerprint density at radius 2 is 1.81 bits per heavy atom. The number of aromatic nitrogens is 5. The molecule has 0 fully saturated rings. The standard InChI is InChI=1S/C21H17Cl2N7O2/c22-13-5-11(6-14(23)8-13)9-24-20(31)19-15-3-4-30(10-18(15)25-28-19)21(32)12-1-2-16-17(7-12)27-29-26-16/h1-2,5-8H,3-4,9-10H2,(H,24,31)(H,25,28)(H,26,27,29). The van der Waals surface area contributed by atoms with E-state index in [0.717, 1.165) is 16.8 Å². The Morgan fingerprint density at radius 3 is 2.62 bits per heavy atom. The van der Waals surface area contributed by atoms with Gasteiger partial charge in [-0.1, -0.05) is 23.2 Å². The molecule has 2 aromatic carbocycles. The number of nitrogens with zero attached hydrogens (tertiary/aromatic N) is 4. The molecular formula is C21H17Cl2N7O2. The zero-order chi connectivity index (χ0) is 22.2. The highest BCUT2D eigenvalue weighted by Crippen LogP contribution is 2.23. The second-order valence-electron chi connectivity index (χ2n) is 7.49.